The quantitative estimate of drug-likeness (QED) is 0.913. The van der Waals surface area contributed by atoms with E-state index in [4.69, 9.17) is 4.74 Å². The minimum absolute atomic E-state index is 0.0641. The summed E-state index contributed by atoms with van der Waals surface area (Å²) in [5.74, 6) is 1.04. The number of carbonyl (C=O) groups excluding carboxylic acids is 1. The smallest absolute Gasteiger partial charge is 0.227 e. The van der Waals surface area contributed by atoms with E-state index < -0.39 is 0 Å². The molecule has 0 saturated carbocycles. The van der Waals surface area contributed by atoms with Crippen molar-refractivity contribution in [2.45, 2.75) is 19.3 Å². The van der Waals surface area contributed by atoms with Crippen LogP contribution in [0.5, 0.6) is 5.75 Å². The average Bonchev–Trinajstić information content (AvgIpc) is 2.65. The summed E-state index contributed by atoms with van der Waals surface area (Å²) in [5.41, 5.74) is 3.30. The summed E-state index contributed by atoms with van der Waals surface area (Å²) in [6.45, 7) is 2.00. The van der Waals surface area contributed by atoms with E-state index in [0.717, 1.165) is 17.9 Å². The van der Waals surface area contributed by atoms with Crippen LogP contribution in [-0.4, -0.2) is 13.0 Å². The van der Waals surface area contributed by atoms with Gasteiger partial charge in [0, 0.05) is 11.6 Å². The van der Waals surface area contributed by atoms with E-state index in [1.54, 1.807) is 7.11 Å². The molecule has 1 N–H and O–H groups in total. The Kier molecular flexibility index (Phi) is 3.65. The first-order valence-electron chi connectivity index (χ1n) is 7.22. The number of benzene rings is 2. The fraction of sp³-hybridized carbons (Fsp3) is 0.278. The van der Waals surface area contributed by atoms with Gasteiger partial charge in [0.05, 0.1) is 7.11 Å². The lowest BCUT2D eigenvalue weighted by molar-refractivity contribution is -0.119. The number of para-hydroxylation sites is 1. The van der Waals surface area contributed by atoms with E-state index in [9.17, 15) is 4.79 Å². The highest BCUT2D eigenvalue weighted by atomic mass is 16.5. The Morgan fingerprint density at radius 3 is 2.52 bits per heavy atom. The van der Waals surface area contributed by atoms with Crippen LogP contribution in [0.4, 0.5) is 5.69 Å². The van der Waals surface area contributed by atoms with Crippen molar-refractivity contribution in [3.63, 3.8) is 0 Å². The van der Waals surface area contributed by atoms with Gasteiger partial charge < -0.3 is 10.1 Å². The number of hydrogen-bond donors (Lipinski definition) is 1. The molecule has 1 aliphatic rings. The molecule has 0 saturated heterocycles. The zero-order valence-corrected chi connectivity index (χ0v) is 12.3. The Balaban J connectivity index is 1.98. The molecule has 1 aliphatic heterocycles. The van der Waals surface area contributed by atoms with Crippen LogP contribution in [0.1, 0.15) is 24.0 Å². The number of amides is 1. The van der Waals surface area contributed by atoms with E-state index in [2.05, 4.69) is 23.5 Å². The monoisotopic (exact) mass is 281 g/mol. The topological polar surface area (TPSA) is 38.3 Å². The van der Waals surface area contributed by atoms with Gasteiger partial charge in [0.15, 0.2) is 0 Å². The molecule has 0 aromatic heterocycles. The summed E-state index contributed by atoms with van der Waals surface area (Å²) in [4.78, 5) is 12.3. The lowest BCUT2D eigenvalue weighted by Gasteiger charge is -2.20. The van der Waals surface area contributed by atoms with Gasteiger partial charge in [-0.05, 0) is 41.7 Å². The second-order valence-electron chi connectivity index (χ2n) is 5.52. The number of hydrogen-bond acceptors (Lipinski definition) is 2. The third-order valence-corrected chi connectivity index (χ3v) is 4.28. The molecule has 0 aliphatic carbocycles. The van der Waals surface area contributed by atoms with Gasteiger partial charge in [0.25, 0.3) is 0 Å². The number of ether oxygens (including phenoxy) is 1. The number of methoxy groups -OCH3 is 1. The van der Waals surface area contributed by atoms with Crippen LogP contribution in [0.25, 0.3) is 0 Å². The van der Waals surface area contributed by atoms with E-state index in [1.807, 2.05) is 37.3 Å². The second kappa shape index (κ2) is 5.60. The van der Waals surface area contributed by atoms with Crippen LogP contribution in [0.3, 0.4) is 0 Å². The van der Waals surface area contributed by atoms with Gasteiger partial charge in [-0.1, -0.05) is 37.3 Å². The SMILES string of the molecule is COc1ccc(C2Cc3ccccc3NC(=O)C2C)cc1. The highest BCUT2D eigenvalue weighted by Gasteiger charge is 2.29. The van der Waals surface area contributed by atoms with Crippen molar-refractivity contribution in [3.8, 4) is 5.75 Å². The standard InChI is InChI=1S/C18H19NO2/c1-12-16(13-7-9-15(21-2)10-8-13)11-14-5-3-4-6-17(14)19-18(12)20/h3-10,12,16H,11H2,1-2H3,(H,19,20). The number of rotatable bonds is 2. The number of nitrogens with one attached hydrogen (secondary N) is 1. The molecule has 2 atom stereocenters. The van der Waals surface area contributed by atoms with Crippen molar-refractivity contribution in [2.24, 2.45) is 5.92 Å². The Morgan fingerprint density at radius 1 is 1.10 bits per heavy atom. The maximum Gasteiger partial charge on any atom is 0.227 e. The van der Waals surface area contributed by atoms with E-state index in [0.29, 0.717) is 0 Å². The molecule has 21 heavy (non-hydrogen) atoms. The van der Waals surface area contributed by atoms with Gasteiger partial charge in [0.2, 0.25) is 5.91 Å². The number of anilines is 1. The Bertz CT molecular complexity index is 649. The molecule has 2 unspecified atom stereocenters. The van der Waals surface area contributed by atoms with Crippen LogP contribution in [-0.2, 0) is 11.2 Å². The Labute approximate surface area is 124 Å². The molecule has 2 aromatic carbocycles. The maximum absolute atomic E-state index is 12.3. The maximum atomic E-state index is 12.3. The minimum atomic E-state index is -0.0641. The van der Waals surface area contributed by atoms with E-state index in [-0.39, 0.29) is 17.7 Å². The fourth-order valence-electron chi connectivity index (χ4n) is 2.92. The molecule has 1 heterocycles. The Morgan fingerprint density at radius 2 is 1.81 bits per heavy atom. The molecule has 0 bridgehead atoms. The van der Waals surface area contributed by atoms with E-state index >= 15 is 0 Å². The van der Waals surface area contributed by atoms with Crippen LogP contribution in [0, 0.1) is 5.92 Å². The van der Waals surface area contributed by atoms with Crippen molar-refractivity contribution in [1.29, 1.82) is 0 Å². The second-order valence-corrected chi connectivity index (χ2v) is 5.52. The van der Waals surface area contributed by atoms with Gasteiger partial charge in [-0.3, -0.25) is 4.79 Å². The molecular formula is C18H19NO2. The zero-order valence-electron chi connectivity index (χ0n) is 12.3. The molecule has 108 valence electrons. The van der Waals surface area contributed by atoms with Crippen molar-refractivity contribution in [3.05, 3.63) is 59.7 Å². The molecule has 1 amide bonds. The molecule has 3 heteroatoms. The number of fused-ring (bicyclic) bond motifs is 1. The molecule has 0 fully saturated rings. The first-order valence-corrected chi connectivity index (χ1v) is 7.22. The molecular weight excluding hydrogens is 262 g/mol. The summed E-state index contributed by atoms with van der Waals surface area (Å²) in [6, 6.07) is 16.1. The lowest BCUT2D eigenvalue weighted by atomic mass is 9.83. The molecule has 2 aromatic rings. The van der Waals surface area contributed by atoms with Gasteiger partial charge in [0.1, 0.15) is 5.75 Å². The summed E-state index contributed by atoms with van der Waals surface area (Å²) in [7, 11) is 1.66. The number of carbonyl (C=O) groups is 1. The van der Waals surface area contributed by atoms with Gasteiger partial charge in [-0.2, -0.15) is 0 Å². The highest BCUT2D eigenvalue weighted by molar-refractivity contribution is 5.94. The van der Waals surface area contributed by atoms with E-state index in [1.165, 1.54) is 11.1 Å². The van der Waals surface area contributed by atoms with Crippen molar-refractivity contribution in [1.82, 2.24) is 0 Å². The predicted octanol–water partition coefficient (Wildman–Crippen LogP) is 3.61. The van der Waals surface area contributed by atoms with Crippen molar-refractivity contribution < 1.29 is 9.53 Å². The molecule has 3 nitrogen and oxygen atoms in total. The third kappa shape index (κ3) is 2.64. The summed E-state index contributed by atoms with van der Waals surface area (Å²) in [6.07, 6.45) is 0.864. The van der Waals surface area contributed by atoms with Gasteiger partial charge in [-0.15, -0.1) is 0 Å². The largest absolute Gasteiger partial charge is 0.497 e. The summed E-state index contributed by atoms with van der Waals surface area (Å²) < 4.78 is 5.21. The summed E-state index contributed by atoms with van der Waals surface area (Å²) in [5, 5.41) is 3.03. The van der Waals surface area contributed by atoms with Gasteiger partial charge in [-0.25, -0.2) is 0 Å². The van der Waals surface area contributed by atoms with Gasteiger partial charge >= 0.3 is 0 Å². The van der Waals surface area contributed by atoms with Crippen molar-refractivity contribution >= 4 is 11.6 Å². The van der Waals surface area contributed by atoms with Crippen LogP contribution in [0.15, 0.2) is 48.5 Å². The highest BCUT2D eigenvalue weighted by Crippen LogP contribution is 2.35. The molecule has 0 radical (unpaired) electrons. The predicted molar refractivity (Wildman–Crippen MR) is 83.7 cm³/mol. The Hall–Kier alpha value is -2.29. The molecule has 0 spiro atoms. The van der Waals surface area contributed by atoms with Crippen LogP contribution >= 0.6 is 0 Å². The van der Waals surface area contributed by atoms with Crippen molar-refractivity contribution in [2.75, 3.05) is 12.4 Å². The van der Waals surface area contributed by atoms with Crippen LogP contribution < -0.4 is 10.1 Å². The first kappa shape index (κ1) is 13.7. The first-order chi connectivity index (χ1) is 10.2. The third-order valence-electron chi connectivity index (χ3n) is 4.28. The zero-order chi connectivity index (χ0) is 14.8. The lowest BCUT2D eigenvalue weighted by Crippen LogP contribution is -2.24. The fourth-order valence-corrected chi connectivity index (χ4v) is 2.92. The normalized spacial score (nSPS) is 21.1. The molecule has 3 rings (SSSR count). The summed E-state index contributed by atoms with van der Waals surface area (Å²) >= 11 is 0. The average molecular weight is 281 g/mol. The van der Waals surface area contributed by atoms with Crippen LogP contribution in [0.2, 0.25) is 0 Å². The minimum Gasteiger partial charge on any atom is -0.497 e.